The Morgan fingerprint density at radius 2 is 0.915 bits per heavy atom. The maximum atomic E-state index is 5.45. The first-order chi connectivity index (χ1) is 29.0. The fourth-order valence-electron chi connectivity index (χ4n) is 8.45. The van der Waals surface area contributed by atoms with E-state index in [0.717, 1.165) is 72.4 Å². The molecule has 0 unspecified atom stereocenters. The van der Waals surface area contributed by atoms with Gasteiger partial charge in [-0.15, -0.1) is 0 Å². The normalized spacial score (nSPS) is 11.6. The van der Waals surface area contributed by atoms with Crippen LogP contribution in [0.3, 0.4) is 0 Å². The van der Waals surface area contributed by atoms with Crippen LogP contribution < -0.4 is 0 Å². The Labute approximate surface area is 342 Å². The number of para-hydroxylation sites is 2. The predicted octanol–water partition coefficient (Wildman–Crippen LogP) is 14.2. The first-order valence-corrected chi connectivity index (χ1v) is 20.1. The molecule has 0 bridgehead atoms. The molecule has 0 saturated carbocycles. The largest absolute Gasteiger partial charge is 0.309 e. The van der Waals surface area contributed by atoms with Crippen molar-refractivity contribution in [3.63, 3.8) is 0 Å². The first kappa shape index (κ1) is 34.5. The summed E-state index contributed by atoms with van der Waals surface area (Å²) in [5, 5.41) is 5.90. The average molecular weight is 755 g/mol. The van der Waals surface area contributed by atoms with E-state index < -0.39 is 0 Å². The van der Waals surface area contributed by atoms with Crippen molar-refractivity contribution in [1.82, 2.24) is 19.5 Å². The van der Waals surface area contributed by atoms with Crippen LogP contribution in [-0.2, 0) is 0 Å². The van der Waals surface area contributed by atoms with E-state index >= 15 is 0 Å². The zero-order valence-electron chi connectivity index (χ0n) is 32.8. The molecular formula is C55H38N4. The van der Waals surface area contributed by atoms with Crippen LogP contribution in [0.5, 0.6) is 0 Å². The number of hydrogen-bond donors (Lipinski definition) is 0. The smallest absolute Gasteiger partial charge is 0.160 e. The van der Waals surface area contributed by atoms with E-state index in [-0.39, 0.29) is 0 Å². The van der Waals surface area contributed by atoms with Gasteiger partial charge in [0.1, 0.15) is 0 Å². The van der Waals surface area contributed by atoms with E-state index in [4.69, 9.17) is 15.0 Å². The van der Waals surface area contributed by atoms with E-state index in [0.29, 0.717) is 5.82 Å². The minimum atomic E-state index is 0.698. The molecule has 4 heteroatoms. The lowest BCUT2D eigenvalue weighted by molar-refractivity contribution is 1.18. The highest BCUT2D eigenvalue weighted by Crippen LogP contribution is 2.41. The van der Waals surface area contributed by atoms with Gasteiger partial charge in [0.25, 0.3) is 0 Å². The maximum absolute atomic E-state index is 5.45. The van der Waals surface area contributed by atoms with Crippen molar-refractivity contribution in [1.29, 1.82) is 0 Å². The molecule has 11 rings (SSSR count). The van der Waals surface area contributed by atoms with Crippen molar-refractivity contribution in [3.05, 3.63) is 205 Å². The zero-order chi connectivity index (χ0) is 39.5. The van der Waals surface area contributed by atoms with Gasteiger partial charge in [-0.2, -0.15) is 0 Å². The monoisotopic (exact) mass is 754 g/mol. The first-order valence-electron chi connectivity index (χ1n) is 20.1. The van der Waals surface area contributed by atoms with Crippen LogP contribution in [0.15, 0.2) is 194 Å². The maximum Gasteiger partial charge on any atom is 0.160 e. The standard InChI is InChI=1S/C55H38N4/c1-35-17-21-38(22-18-35)49-34-50(39-23-19-36(2)20-24-39)58-55(57-49)41-27-25-37(26-28-41)42-29-30-44-46-32-47-45-15-9-10-16-52(45)59(43-13-7-4-8-14-43)53(47)33-48(46)54(56-51(44)31-42)40-11-5-3-6-12-40/h3-34H,1-2H3. The predicted molar refractivity (Wildman–Crippen MR) is 246 cm³/mol. The number of rotatable bonds is 6. The van der Waals surface area contributed by atoms with Crippen LogP contribution in [0.25, 0.3) is 105 Å². The molecule has 4 nitrogen and oxygen atoms in total. The average Bonchev–Trinajstić information content (AvgIpc) is 3.62. The molecule has 3 aromatic heterocycles. The number of nitrogens with zero attached hydrogens (tertiary/aromatic N) is 4. The summed E-state index contributed by atoms with van der Waals surface area (Å²) in [5.41, 5.74) is 16.1. The highest BCUT2D eigenvalue weighted by molar-refractivity contribution is 6.20. The summed E-state index contributed by atoms with van der Waals surface area (Å²) >= 11 is 0. The molecule has 11 aromatic rings. The minimum absolute atomic E-state index is 0.698. The molecule has 0 atom stereocenters. The van der Waals surface area contributed by atoms with Gasteiger partial charge < -0.3 is 4.57 Å². The summed E-state index contributed by atoms with van der Waals surface area (Å²) in [6.07, 6.45) is 0. The summed E-state index contributed by atoms with van der Waals surface area (Å²) in [5.74, 6) is 0.698. The third-order valence-electron chi connectivity index (χ3n) is 11.5. The quantitative estimate of drug-likeness (QED) is 0.159. The summed E-state index contributed by atoms with van der Waals surface area (Å²) in [4.78, 5) is 15.6. The Hall–Kier alpha value is -7.69. The van der Waals surface area contributed by atoms with Gasteiger partial charge in [0.15, 0.2) is 5.82 Å². The van der Waals surface area contributed by atoms with E-state index in [1.807, 2.05) is 0 Å². The fourth-order valence-corrected chi connectivity index (χ4v) is 8.45. The lowest BCUT2D eigenvalue weighted by atomic mass is 9.96. The van der Waals surface area contributed by atoms with Crippen LogP contribution in [0.1, 0.15) is 11.1 Å². The Kier molecular flexibility index (Phi) is 8.23. The van der Waals surface area contributed by atoms with E-state index in [1.54, 1.807) is 0 Å². The van der Waals surface area contributed by atoms with Gasteiger partial charge in [-0.05, 0) is 72.8 Å². The van der Waals surface area contributed by atoms with Gasteiger partial charge in [-0.25, -0.2) is 15.0 Å². The van der Waals surface area contributed by atoms with Crippen molar-refractivity contribution in [3.8, 4) is 62.0 Å². The van der Waals surface area contributed by atoms with Gasteiger partial charge in [-0.3, -0.25) is 0 Å². The molecule has 278 valence electrons. The summed E-state index contributed by atoms with van der Waals surface area (Å²) in [6.45, 7) is 4.21. The van der Waals surface area contributed by atoms with Crippen LogP contribution in [0.2, 0.25) is 0 Å². The summed E-state index contributed by atoms with van der Waals surface area (Å²) < 4.78 is 2.38. The Balaban J connectivity index is 1.05. The number of aromatic nitrogens is 4. The van der Waals surface area contributed by atoms with E-state index in [1.165, 1.54) is 38.3 Å². The van der Waals surface area contributed by atoms with Gasteiger partial charge in [0.05, 0.1) is 33.6 Å². The topological polar surface area (TPSA) is 43.6 Å². The summed E-state index contributed by atoms with van der Waals surface area (Å²) in [6, 6.07) is 69.1. The molecule has 0 radical (unpaired) electrons. The SMILES string of the molecule is Cc1ccc(-c2cc(-c3ccc(C)cc3)nc(-c3ccc(-c4ccc5c(c4)nc(-c4ccccc4)c4cc6c(cc45)c4ccccc4n6-c4ccccc4)cc3)n2)cc1. The summed E-state index contributed by atoms with van der Waals surface area (Å²) in [7, 11) is 0. The van der Waals surface area contributed by atoms with Crippen LogP contribution >= 0.6 is 0 Å². The Bertz CT molecular complexity index is 3290. The molecule has 0 N–H and O–H groups in total. The highest BCUT2D eigenvalue weighted by atomic mass is 15.0. The lowest BCUT2D eigenvalue weighted by Gasteiger charge is -2.14. The number of aryl methyl sites for hydroxylation is 2. The lowest BCUT2D eigenvalue weighted by Crippen LogP contribution is -1.96. The molecule has 0 aliphatic carbocycles. The van der Waals surface area contributed by atoms with Crippen molar-refractivity contribution < 1.29 is 0 Å². The molecule has 0 amide bonds. The second kappa shape index (κ2) is 14.0. The van der Waals surface area contributed by atoms with Crippen molar-refractivity contribution in [2.45, 2.75) is 13.8 Å². The number of hydrogen-bond acceptors (Lipinski definition) is 3. The molecule has 3 heterocycles. The van der Waals surface area contributed by atoms with Crippen molar-refractivity contribution >= 4 is 43.5 Å². The van der Waals surface area contributed by atoms with Gasteiger partial charge in [0.2, 0.25) is 0 Å². The zero-order valence-corrected chi connectivity index (χ0v) is 32.8. The van der Waals surface area contributed by atoms with E-state index in [9.17, 15) is 0 Å². The van der Waals surface area contributed by atoms with Gasteiger partial charge in [-0.1, -0.05) is 163 Å². The van der Waals surface area contributed by atoms with Gasteiger partial charge in [0, 0.05) is 49.5 Å². The molecule has 0 saturated heterocycles. The number of benzene rings is 8. The van der Waals surface area contributed by atoms with Crippen LogP contribution in [0.4, 0.5) is 0 Å². The molecule has 0 aliphatic rings. The molecule has 59 heavy (non-hydrogen) atoms. The molecular weight excluding hydrogens is 717 g/mol. The molecule has 0 fully saturated rings. The van der Waals surface area contributed by atoms with Crippen LogP contribution in [-0.4, -0.2) is 19.5 Å². The number of fused-ring (bicyclic) bond motifs is 6. The highest BCUT2D eigenvalue weighted by Gasteiger charge is 2.18. The third-order valence-corrected chi connectivity index (χ3v) is 11.5. The van der Waals surface area contributed by atoms with Gasteiger partial charge >= 0.3 is 0 Å². The van der Waals surface area contributed by atoms with Crippen LogP contribution in [0, 0.1) is 13.8 Å². The minimum Gasteiger partial charge on any atom is -0.309 e. The number of pyridine rings is 1. The Morgan fingerprint density at radius 1 is 0.339 bits per heavy atom. The second-order valence-electron chi connectivity index (χ2n) is 15.4. The van der Waals surface area contributed by atoms with Crippen molar-refractivity contribution in [2.24, 2.45) is 0 Å². The van der Waals surface area contributed by atoms with Crippen molar-refractivity contribution in [2.75, 3.05) is 0 Å². The molecule has 8 aromatic carbocycles. The third kappa shape index (κ3) is 6.14. The fraction of sp³-hybridized carbons (Fsp3) is 0.0364. The second-order valence-corrected chi connectivity index (χ2v) is 15.4. The molecule has 0 aliphatic heterocycles. The molecule has 0 spiro atoms. The Morgan fingerprint density at radius 3 is 1.59 bits per heavy atom. The van der Waals surface area contributed by atoms with E-state index in [2.05, 4.69) is 213 Å².